The summed E-state index contributed by atoms with van der Waals surface area (Å²) < 4.78 is 5.65. The zero-order chi connectivity index (χ0) is 11.0. The second-order valence-electron chi connectivity index (χ2n) is 3.44. The molecule has 1 saturated heterocycles. The van der Waals surface area contributed by atoms with E-state index in [9.17, 15) is 0 Å². The fourth-order valence-electron chi connectivity index (χ4n) is 1.78. The maximum Gasteiger partial charge on any atom is 0.0854 e. The monoisotopic (exact) mass is 202 g/mol. The standard InChI is InChI=1S/C9H20N2O.C2H6/c1-4-12-9-7-11(3)6-5-8(9)10-2;1-2/h8-10H,4-7H2,1-3H3;1-2H3. The summed E-state index contributed by atoms with van der Waals surface area (Å²) in [6, 6.07) is 0.543. The van der Waals surface area contributed by atoms with Crippen molar-refractivity contribution in [3.05, 3.63) is 0 Å². The highest BCUT2D eigenvalue weighted by molar-refractivity contribution is 4.83. The Balaban J connectivity index is 0.000000791. The molecule has 0 spiro atoms. The number of piperidine rings is 1. The summed E-state index contributed by atoms with van der Waals surface area (Å²) in [5.41, 5.74) is 0. The van der Waals surface area contributed by atoms with Gasteiger partial charge in [0, 0.05) is 19.2 Å². The number of rotatable bonds is 3. The van der Waals surface area contributed by atoms with Crippen LogP contribution >= 0.6 is 0 Å². The Hall–Kier alpha value is -0.120. The van der Waals surface area contributed by atoms with E-state index in [1.807, 2.05) is 20.9 Å². The van der Waals surface area contributed by atoms with Crippen molar-refractivity contribution in [3.63, 3.8) is 0 Å². The summed E-state index contributed by atoms with van der Waals surface area (Å²) in [5.74, 6) is 0. The predicted molar refractivity (Wildman–Crippen MR) is 61.7 cm³/mol. The lowest BCUT2D eigenvalue weighted by Gasteiger charge is -2.36. The summed E-state index contributed by atoms with van der Waals surface area (Å²) in [4.78, 5) is 2.33. The highest BCUT2D eigenvalue weighted by Crippen LogP contribution is 2.12. The molecule has 0 radical (unpaired) electrons. The summed E-state index contributed by atoms with van der Waals surface area (Å²) in [7, 11) is 4.17. The molecule has 1 rings (SSSR count). The quantitative estimate of drug-likeness (QED) is 0.747. The molecule has 1 N–H and O–H groups in total. The Morgan fingerprint density at radius 2 is 2.07 bits per heavy atom. The maximum absolute atomic E-state index is 5.65. The summed E-state index contributed by atoms with van der Waals surface area (Å²) in [6.45, 7) is 9.10. The smallest absolute Gasteiger partial charge is 0.0854 e. The lowest BCUT2D eigenvalue weighted by molar-refractivity contribution is -0.00807. The van der Waals surface area contributed by atoms with Gasteiger partial charge in [0.05, 0.1) is 6.10 Å². The molecule has 14 heavy (non-hydrogen) atoms. The van der Waals surface area contributed by atoms with E-state index in [1.165, 1.54) is 13.0 Å². The minimum absolute atomic E-state index is 0.374. The lowest BCUT2D eigenvalue weighted by atomic mass is 10.0. The largest absolute Gasteiger partial charge is 0.376 e. The zero-order valence-corrected chi connectivity index (χ0v) is 10.3. The van der Waals surface area contributed by atoms with Gasteiger partial charge in [0.25, 0.3) is 0 Å². The molecule has 1 aliphatic rings. The van der Waals surface area contributed by atoms with Crippen LogP contribution in [0, 0.1) is 0 Å². The first-order valence-electron chi connectivity index (χ1n) is 5.75. The third-order valence-electron chi connectivity index (χ3n) is 2.51. The fraction of sp³-hybridized carbons (Fsp3) is 1.00. The van der Waals surface area contributed by atoms with Gasteiger partial charge in [-0.05, 0) is 34.0 Å². The van der Waals surface area contributed by atoms with E-state index in [0.29, 0.717) is 12.1 Å². The molecule has 2 atom stereocenters. The molecule has 0 aromatic heterocycles. The molecule has 0 amide bonds. The van der Waals surface area contributed by atoms with Crippen LogP contribution < -0.4 is 5.32 Å². The van der Waals surface area contributed by atoms with E-state index < -0.39 is 0 Å². The highest BCUT2D eigenvalue weighted by Gasteiger charge is 2.26. The zero-order valence-electron chi connectivity index (χ0n) is 10.3. The van der Waals surface area contributed by atoms with Gasteiger partial charge < -0.3 is 15.0 Å². The molecule has 1 fully saturated rings. The molecule has 2 unspecified atom stereocenters. The number of nitrogens with one attached hydrogen (secondary N) is 1. The van der Waals surface area contributed by atoms with Crippen molar-refractivity contribution in [1.82, 2.24) is 10.2 Å². The average molecular weight is 202 g/mol. The van der Waals surface area contributed by atoms with E-state index in [4.69, 9.17) is 4.74 Å². The number of hydrogen-bond donors (Lipinski definition) is 1. The van der Waals surface area contributed by atoms with Crippen molar-refractivity contribution in [2.75, 3.05) is 33.8 Å². The van der Waals surface area contributed by atoms with Gasteiger partial charge in [0.1, 0.15) is 0 Å². The van der Waals surface area contributed by atoms with Crippen molar-refractivity contribution in [2.24, 2.45) is 0 Å². The van der Waals surface area contributed by atoms with Crippen LogP contribution in [0.25, 0.3) is 0 Å². The maximum atomic E-state index is 5.65. The van der Waals surface area contributed by atoms with Gasteiger partial charge >= 0.3 is 0 Å². The van der Waals surface area contributed by atoms with Gasteiger partial charge in [0.2, 0.25) is 0 Å². The van der Waals surface area contributed by atoms with Gasteiger partial charge in [-0.25, -0.2) is 0 Å². The van der Waals surface area contributed by atoms with Crippen LogP contribution in [-0.4, -0.2) is 50.8 Å². The van der Waals surface area contributed by atoms with E-state index in [1.54, 1.807) is 0 Å². The number of likely N-dealkylation sites (N-methyl/N-ethyl adjacent to an activating group) is 2. The molecule has 0 aromatic rings. The molecule has 0 aromatic carbocycles. The van der Waals surface area contributed by atoms with Gasteiger partial charge in [-0.1, -0.05) is 13.8 Å². The lowest BCUT2D eigenvalue weighted by Crippen LogP contribution is -2.51. The van der Waals surface area contributed by atoms with Crippen LogP contribution in [0.1, 0.15) is 27.2 Å². The Morgan fingerprint density at radius 1 is 1.43 bits per heavy atom. The third-order valence-corrected chi connectivity index (χ3v) is 2.51. The molecule has 3 nitrogen and oxygen atoms in total. The topological polar surface area (TPSA) is 24.5 Å². The SMILES string of the molecule is CC.CCOC1CN(C)CCC1NC. The number of likely N-dealkylation sites (tertiary alicyclic amines) is 1. The van der Waals surface area contributed by atoms with E-state index in [-0.39, 0.29) is 0 Å². The van der Waals surface area contributed by atoms with Gasteiger partial charge in [-0.15, -0.1) is 0 Å². The van der Waals surface area contributed by atoms with Gasteiger partial charge in [-0.2, -0.15) is 0 Å². The third kappa shape index (κ3) is 4.40. The normalized spacial score (nSPS) is 28.1. The molecule has 0 bridgehead atoms. The Kier molecular flexibility index (Phi) is 8.14. The van der Waals surface area contributed by atoms with Crippen molar-refractivity contribution in [3.8, 4) is 0 Å². The molecule has 1 aliphatic heterocycles. The van der Waals surface area contributed by atoms with Crippen LogP contribution in [0.4, 0.5) is 0 Å². The van der Waals surface area contributed by atoms with Crippen molar-refractivity contribution >= 4 is 0 Å². The molecular weight excluding hydrogens is 176 g/mol. The molecule has 3 heteroatoms. The fourth-order valence-corrected chi connectivity index (χ4v) is 1.78. The van der Waals surface area contributed by atoms with Crippen molar-refractivity contribution < 1.29 is 4.74 Å². The van der Waals surface area contributed by atoms with Crippen LogP contribution in [0.5, 0.6) is 0 Å². The Morgan fingerprint density at radius 3 is 2.57 bits per heavy atom. The van der Waals surface area contributed by atoms with Crippen molar-refractivity contribution in [1.29, 1.82) is 0 Å². The first-order valence-corrected chi connectivity index (χ1v) is 5.75. The van der Waals surface area contributed by atoms with Crippen LogP contribution in [-0.2, 0) is 4.74 Å². The summed E-state index contributed by atoms with van der Waals surface area (Å²) in [6.07, 6.45) is 1.57. The molecule has 86 valence electrons. The first-order chi connectivity index (χ1) is 6.77. The Labute approximate surface area is 88.8 Å². The molecule has 0 saturated carbocycles. The van der Waals surface area contributed by atoms with Crippen LogP contribution in [0.15, 0.2) is 0 Å². The van der Waals surface area contributed by atoms with Gasteiger partial charge in [-0.3, -0.25) is 0 Å². The number of hydrogen-bond acceptors (Lipinski definition) is 3. The second kappa shape index (κ2) is 8.21. The number of ether oxygens (including phenoxy) is 1. The summed E-state index contributed by atoms with van der Waals surface area (Å²) in [5, 5.41) is 3.31. The molecular formula is C11H26N2O. The molecule has 0 aliphatic carbocycles. The minimum atomic E-state index is 0.374. The van der Waals surface area contributed by atoms with E-state index in [0.717, 1.165) is 13.2 Å². The number of nitrogens with zero attached hydrogens (tertiary/aromatic N) is 1. The van der Waals surface area contributed by atoms with E-state index >= 15 is 0 Å². The minimum Gasteiger partial charge on any atom is -0.376 e. The van der Waals surface area contributed by atoms with Crippen LogP contribution in [0.3, 0.4) is 0 Å². The Bertz CT molecular complexity index is 130. The van der Waals surface area contributed by atoms with Crippen molar-refractivity contribution in [2.45, 2.75) is 39.3 Å². The van der Waals surface area contributed by atoms with Crippen LogP contribution in [0.2, 0.25) is 0 Å². The first kappa shape index (κ1) is 13.9. The van der Waals surface area contributed by atoms with Gasteiger partial charge in [0.15, 0.2) is 0 Å². The highest BCUT2D eigenvalue weighted by atomic mass is 16.5. The average Bonchev–Trinajstić information content (AvgIpc) is 2.22. The summed E-state index contributed by atoms with van der Waals surface area (Å²) >= 11 is 0. The second-order valence-corrected chi connectivity index (χ2v) is 3.44. The predicted octanol–water partition coefficient (Wildman–Crippen LogP) is 1.34. The molecule has 1 heterocycles. The van der Waals surface area contributed by atoms with E-state index in [2.05, 4.69) is 24.2 Å².